The molecule has 0 saturated carbocycles. The van der Waals surface area contributed by atoms with Crippen molar-refractivity contribution in [2.24, 2.45) is 0 Å². The lowest BCUT2D eigenvalue weighted by Crippen LogP contribution is -2.55. The summed E-state index contributed by atoms with van der Waals surface area (Å²) in [5.74, 6) is -1.05. The number of nitriles is 1. The van der Waals surface area contributed by atoms with Crippen LogP contribution < -0.4 is 5.32 Å². The van der Waals surface area contributed by atoms with Crippen LogP contribution in [0.1, 0.15) is 64.2 Å². The fraction of sp³-hybridized carbons (Fsp3) is 0.462. The second-order valence-corrected chi connectivity index (χ2v) is 15.1. The van der Waals surface area contributed by atoms with E-state index in [2.05, 4.69) is 39.2 Å². The highest BCUT2D eigenvalue weighted by molar-refractivity contribution is 6.74. The van der Waals surface area contributed by atoms with Crippen LogP contribution in [0.5, 0.6) is 0 Å². The zero-order valence-corrected chi connectivity index (χ0v) is 21.4. The Morgan fingerprint density at radius 3 is 2.16 bits per heavy atom. The van der Waals surface area contributed by atoms with E-state index < -0.39 is 19.7 Å². The van der Waals surface area contributed by atoms with Gasteiger partial charge in [-0.05, 0) is 62.2 Å². The zero-order valence-electron chi connectivity index (χ0n) is 20.4. The summed E-state index contributed by atoms with van der Waals surface area (Å²) in [6.45, 7) is 16.2. The molecule has 0 aliphatic rings. The first-order valence-electron chi connectivity index (χ1n) is 11.0. The van der Waals surface area contributed by atoms with Crippen LogP contribution in [-0.2, 0) is 9.22 Å². The SMILES string of the molecule is CC(NC(=O)C(C)(C)O[Si](C)(C)C(C)(C)C)C(c1ccccc1)c1ccc(C#N)c(F)c1. The molecule has 2 aromatic rings. The van der Waals surface area contributed by atoms with Gasteiger partial charge < -0.3 is 9.74 Å². The van der Waals surface area contributed by atoms with Gasteiger partial charge >= 0.3 is 0 Å². The molecular weight excluding hydrogens is 419 g/mol. The van der Waals surface area contributed by atoms with Gasteiger partial charge in [-0.2, -0.15) is 5.26 Å². The number of carbonyl (C=O) groups excluding carboxylic acids is 1. The van der Waals surface area contributed by atoms with Gasteiger partial charge in [0.05, 0.1) is 5.56 Å². The second-order valence-electron chi connectivity index (χ2n) is 10.4. The van der Waals surface area contributed by atoms with Crippen molar-refractivity contribution in [3.63, 3.8) is 0 Å². The summed E-state index contributed by atoms with van der Waals surface area (Å²) in [6, 6.07) is 15.8. The van der Waals surface area contributed by atoms with Crippen molar-refractivity contribution in [3.05, 3.63) is 71.0 Å². The maximum atomic E-state index is 14.4. The molecule has 2 rings (SSSR count). The van der Waals surface area contributed by atoms with Crippen molar-refractivity contribution in [1.82, 2.24) is 5.32 Å². The van der Waals surface area contributed by atoms with Crippen LogP contribution in [0.2, 0.25) is 18.1 Å². The Labute approximate surface area is 192 Å². The third-order valence-corrected chi connectivity index (χ3v) is 11.0. The minimum atomic E-state index is -2.17. The van der Waals surface area contributed by atoms with Crippen molar-refractivity contribution in [3.8, 4) is 6.07 Å². The summed E-state index contributed by atoms with van der Waals surface area (Å²) < 4.78 is 20.8. The fourth-order valence-corrected chi connectivity index (χ4v) is 5.22. The molecule has 2 aromatic carbocycles. The molecule has 1 N–H and O–H groups in total. The molecule has 0 saturated heterocycles. The van der Waals surface area contributed by atoms with Crippen LogP contribution in [0.15, 0.2) is 48.5 Å². The molecule has 2 unspecified atom stereocenters. The molecule has 1 amide bonds. The number of halogens is 1. The lowest BCUT2D eigenvalue weighted by Gasteiger charge is -2.42. The molecule has 6 heteroatoms. The van der Waals surface area contributed by atoms with Gasteiger partial charge in [0.2, 0.25) is 0 Å². The minimum absolute atomic E-state index is 0.00107. The van der Waals surface area contributed by atoms with Crippen molar-refractivity contribution < 1.29 is 13.6 Å². The predicted molar refractivity (Wildman–Crippen MR) is 129 cm³/mol. The Morgan fingerprint density at radius 2 is 1.66 bits per heavy atom. The van der Waals surface area contributed by atoms with Gasteiger partial charge in [-0.15, -0.1) is 0 Å². The third kappa shape index (κ3) is 5.84. The van der Waals surface area contributed by atoms with E-state index in [1.165, 1.54) is 12.1 Å². The Balaban J connectivity index is 2.35. The summed E-state index contributed by atoms with van der Waals surface area (Å²) in [5.41, 5.74) is 0.645. The number of rotatable bonds is 7. The van der Waals surface area contributed by atoms with E-state index >= 15 is 0 Å². The van der Waals surface area contributed by atoms with Crippen molar-refractivity contribution in [1.29, 1.82) is 5.26 Å². The first-order valence-corrected chi connectivity index (χ1v) is 13.9. The lowest BCUT2D eigenvalue weighted by atomic mass is 9.85. The molecule has 0 aliphatic heterocycles. The largest absolute Gasteiger partial charge is 0.403 e. The van der Waals surface area contributed by atoms with E-state index in [9.17, 15) is 9.18 Å². The van der Waals surface area contributed by atoms with Crippen LogP contribution in [0.4, 0.5) is 4.39 Å². The number of benzene rings is 2. The summed E-state index contributed by atoms with van der Waals surface area (Å²) in [4.78, 5) is 13.3. The van der Waals surface area contributed by atoms with Gasteiger partial charge in [0.15, 0.2) is 8.32 Å². The van der Waals surface area contributed by atoms with Gasteiger partial charge in [-0.1, -0.05) is 57.2 Å². The maximum Gasteiger partial charge on any atom is 0.250 e. The first kappa shape index (κ1) is 25.8. The van der Waals surface area contributed by atoms with Gasteiger partial charge in [-0.3, -0.25) is 4.79 Å². The monoisotopic (exact) mass is 454 g/mol. The number of amides is 1. The molecule has 0 heterocycles. The quantitative estimate of drug-likeness (QED) is 0.512. The topological polar surface area (TPSA) is 62.1 Å². The van der Waals surface area contributed by atoms with Gasteiger partial charge in [0.25, 0.3) is 5.91 Å². The van der Waals surface area contributed by atoms with E-state index in [-0.39, 0.29) is 28.5 Å². The van der Waals surface area contributed by atoms with E-state index in [1.807, 2.05) is 43.3 Å². The van der Waals surface area contributed by atoms with Crippen molar-refractivity contribution >= 4 is 14.2 Å². The van der Waals surface area contributed by atoms with Crippen LogP contribution in [0.25, 0.3) is 0 Å². The van der Waals surface area contributed by atoms with E-state index in [4.69, 9.17) is 9.69 Å². The van der Waals surface area contributed by atoms with Gasteiger partial charge in [0.1, 0.15) is 17.5 Å². The molecule has 0 aromatic heterocycles. The zero-order chi connectivity index (χ0) is 24.3. The third-order valence-electron chi connectivity index (χ3n) is 6.35. The number of carbonyl (C=O) groups is 1. The molecule has 32 heavy (non-hydrogen) atoms. The molecule has 0 spiro atoms. The van der Waals surface area contributed by atoms with E-state index in [1.54, 1.807) is 19.9 Å². The number of hydrogen-bond donors (Lipinski definition) is 1. The summed E-state index contributed by atoms with van der Waals surface area (Å²) in [7, 11) is -2.17. The standard InChI is InChI=1S/C26H35FN2O2Si/c1-18(29-24(30)26(5,6)31-32(7,8)25(2,3)4)23(19-12-10-9-11-13-19)20-14-15-21(17-28)22(27)16-20/h9-16,18,23H,1-8H3,(H,29,30). The Bertz CT molecular complexity index is 991. The van der Waals surface area contributed by atoms with Crippen LogP contribution >= 0.6 is 0 Å². The Kier molecular flexibility index (Phi) is 7.69. The predicted octanol–water partition coefficient (Wildman–Crippen LogP) is 6.13. The fourth-order valence-electron chi connectivity index (χ4n) is 3.55. The Hall–Kier alpha value is -2.49. The smallest absolute Gasteiger partial charge is 0.250 e. The lowest BCUT2D eigenvalue weighted by molar-refractivity contribution is -0.135. The van der Waals surface area contributed by atoms with Crippen LogP contribution in [0.3, 0.4) is 0 Å². The molecular formula is C26H35FN2O2Si. The highest BCUT2D eigenvalue weighted by Crippen LogP contribution is 2.39. The highest BCUT2D eigenvalue weighted by Gasteiger charge is 2.44. The second kappa shape index (κ2) is 9.56. The van der Waals surface area contributed by atoms with Crippen LogP contribution in [-0.4, -0.2) is 25.9 Å². The number of nitrogens with one attached hydrogen (secondary N) is 1. The van der Waals surface area contributed by atoms with E-state index in [0.717, 1.165) is 5.56 Å². The number of hydrogen-bond acceptors (Lipinski definition) is 3. The molecule has 4 nitrogen and oxygen atoms in total. The van der Waals surface area contributed by atoms with E-state index in [0.29, 0.717) is 5.56 Å². The van der Waals surface area contributed by atoms with Crippen molar-refractivity contribution in [2.45, 2.75) is 77.2 Å². The molecule has 0 bridgehead atoms. The molecule has 172 valence electrons. The van der Waals surface area contributed by atoms with Crippen molar-refractivity contribution in [2.75, 3.05) is 0 Å². The minimum Gasteiger partial charge on any atom is -0.403 e. The normalized spacial score (nSPS) is 14.4. The number of nitrogens with zero attached hydrogens (tertiary/aromatic N) is 1. The van der Waals surface area contributed by atoms with Crippen LogP contribution in [0, 0.1) is 17.1 Å². The Morgan fingerprint density at radius 1 is 1.06 bits per heavy atom. The molecule has 2 atom stereocenters. The average molecular weight is 455 g/mol. The summed E-state index contributed by atoms with van der Waals surface area (Å²) in [5, 5.41) is 12.2. The van der Waals surface area contributed by atoms with Gasteiger partial charge in [-0.25, -0.2) is 4.39 Å². The van der Waals surface area contributed by atoms with Gasteiger partial charge in [0, 0.05) is 12.0 Å². The maximum absolute atomic E-state index is 14.4. The molecule has 0 radical (unpaired) electrons. The average Bonchev–Trinajstić information content (AvgIpc) is 2.67. The highest BCUT2D eigenvalue weighted by atomic mass is 28.4. The first-order chi connectivity index (χ1) is 14.7. The molecule has 0 fully saturated rings. The summed E-state index contributed by atoms with van der Waals surface area (Å²) in [6.07, 6.45) is 0. The summed E-state index contributed by atoms with van der Waals surface area (Å²) >= 11 is 0. The molecule has 0 aliphatic carbocycles.